The fourth-order valence-corrected chi connectivity index (χ4v) is 4.26. The highest BCUT2D eigenvalue weighted by Gasteiger charge is 2.33. The van der Waals surface area contributed by atoms with Crippen molar-refractivity contribution in [1.29, 1.82) is 0 Å². The van der Waals surface area contributed by atoms with E-state index in [-0.39, 0.29) is 6.61 Å². The van der Waals surface area contributed by atoms with Crippen LogP contribution >= 0.6 is 7.60 Å². The molecule has 0 aliphatic carbocycles. The summed E-state index contributed by atoms with van der Waals surface area (Å²) in [5.74, 6) is -1.07. The number of hydrogen-bond acceptors (Lipinski definition) is 6. The van der Waals surface area contributed by atoms with E-state index in [9.17, 15) is 14.6 Å². The van der Waals surface area contributed by atoms with Crippen molar-refractivity contribution in [1.82, 2.24) is 5.32 Å². The predicted octanol–water partition coefficient (Wildman–Crippen LogP) is 3.80. The summed E-state index contributed by atoms with van der Waals surface area (Å²) >= 11 is 0. The third-order valence-corrected chi connectivity index (χ3v) is 6.66. The Balaban J connectivity index is 3.59. The molecule has 0 saturated carbocycles. The van der Waals surface area contributed by atoms with Gasteiger partial charge in [0, 0.05) is 6.61 Å². The van der Waals surface area contributed by atoms with Gasteiger partial charge in [-0.1, -0.05) is 77.6 Å². The van der Waals surface area contributed by atoms with Gasteiger partial charge in [0.1, 0.15) is 11.9 Å². The SMILES string of the molecule is CCCCCCCCCCCCCCOC[C@H](CO)OP(=O)(O)C(CO)NC. The molecule has 0 radical (unpaired) electrons. The Labute approximate surface area is 171 Å². The maximum atomic E-state index is 12.0. The maximum Gasteiger partial charge on any atom is 0.347 e. The molecule has 3 atom stereocenters. The van der Waals surface area contributed by atoms with E-state index < -0.39 is 32.7 Å². The molecule has 0 aliphatic rings. The molecular formula is C20H44NO6P. The third-order valence-electron chi connectivity index (χ3n) is 4.85. The third kappa shape index (κ3) is 14.9. The van der Waals surface area contributed by atoms with E-state index in [1.165, 1.54) is 71.3 Å². The van der Waals surface area contributed by atoms with Crippen LogP contribution < -0.4 is 5.32 Å². The number of aliphatic hydroxyl groups is 2. The molecule has 0 aromatic carbocycles. The van der Waals surface area contributed by atoms with Gasteiger partial charge in [-0.2, -0.15) is 0 Å². The van der Waals surface area contributed by atoms with E-state index in [0.29, 0.717) is 6.61 Å². The summed E-state index contributed by atoms with van der Waals surface area (Å²) in [5, 5.41) is 20.9. The number of ether oxygens (including phenoxy) is 1. The minimum absolute atomic E-state index is 0.0565. The van der Waals surface area contributed by atoms with Crippen LogP contribution in [0.15, 0.2) is 0 Å². The van der Waals surface area contributed by atoms with Crippen molar-refractivity contribution < 1.29 is 28.9 Å². The Hall–Kier alpha value is -0.0100. The Morgan fingerprint density at radius 1 is 0.857 bits per heavy atom. The minimum Gasteiger partial charge on any atom is -0.394 e. The summed E-state index contributed by atoms with van der Waals surface area (Å²) in [6, 6.07) is 0. The van der Waals surface area contributed by atoms with E-state index in [1.807, 2.05) is 0 Å². The van der Waals surface area contributed by atoms with Gasteiger partial charge in [-0.25, -0.2) is 0 Å². The van der Waals surface area contributed by atoms with Gasteiger partial charge in [0.2, 0.25) is 0 Å². The largest absolute Gasteiger partial charge is 0.394 e. The first kappa shape index (κ1) is 28.0. The van der Waals surface area contributed by atoms with Gasteiger partial charge in [0.25, 0.3) is 0 Å². The lowest BCUT2D eigenvalue weighted by atomic mass is 10.1. The first-order valence-electron chi connectivity index (χ1n) is 11.0. The van der Waals surface area contributed by atoms with Gasteiger partial charge < -0.3 is 25.2 Å². The van der Waals surface area contributed by atoms with Crippen LogP contribution in [0.4, 0.5) is 0 Å². The lowest BCUT2D eigenvalue weighted by Crippen LogP contribution is -2.33. The van der Waals surface area contributed by atoms with Crippen LogP contribution in [0.2, 0.25) is 0 Å². The second kappa shape index (κ2) is 19.0. The highest BCUT2D eigenvalue weighted by molar-refractivity contribution is 7.53. The molecule has 28 heavy (non-hydrogen) atoms. The zero-order valence-corrected chi connectivity index (χ0v) is 18.9. The van der Waals surface area contributed by atoms with E-state index in [1.54, 1.807) is 0 Å². The molecule has 0 aromatic heterocycles. The molecular weight excluding hydrogens is 381 g/mol. The second-order valence-electron chi connectivity index (χ2n) is 7.43. The molecule has 0 rings (SSSR count). The summed E-state index contributed by atoms with van der Waals surface area (Å²) in [4.78, 5) is 9.84. The second-order valence-corrected chi connectivity index (χ2v) is 9.39. The minimum atomic E-state index is -4.06. The zero-order chi connectivity index (χ0) is 21.1. The van der Waals surface area contributed by atoms with Crippen molar-refractivity contribution in [3.05, 3.63) is 0 Å². The van der Waals surface area contributed by atoms with Gasteiger partial charge >= 0.3 is 7.60 Å². The lowest BCUT2D eigenvalue weighted by Gasteiger charge is -2.24. The highest BCUT2D eigenvalue weighted by atomic mass is 31.2. The first-order chi connectivity index (χ1) is 13.5. The van der Waals surface area contributed by atoms with Gasteiger partial charge in [-0.15, -0.1) is 0 Å². The molecule has 0 heterocycles. The van der Waals surface area contributed by atoms with E-state index in [2.05, 4.69) is 12.2 Å². The van der Waals surface area contributed by atoms with Crippen molar-refractivity contribution in [3.63, 3.8) is 0 Å². The Morgan fingerprint density at radius 2 is 1.36 bits per heavy atom. The molecule has 0 spiro atoms. The van der Waals surface area contributed by atoms with Crippen LogP contribution in [-0.2, 0) is 13.8 Å². The smallest absolute Gasteiger partial charge is 0.347 e. The van der Waals surface area contributed by atoms with Crippen molar-refractivity contribution in [2.45, 2.75) is 95.9 Å². The lowest BCUT2D eigenvalue weighted by molar-refractivity contribution is 0.0114. The van der Waals surface area contributed by atoms with Gasteiger partial charge in [-0.3, -0.25) is 9.09 Å². The Bertz CT molecular complexity index is 382. The molecule has 8 heteroatoms. The molecule has 0 amide bonds. The normalized spacial score (nSPS) is 16.0. The monoisotopic (exact) mass is 425 g/mol. The average molecular weight is 426 g/mol. The quantitative estimate of drug-likeness (QED) is 0.164. The van der Waals surface area contributed by atoms with Crippen molar-refractivity contribution >= 4 is 7.60 Å². The molecule has 0 bridgehead atoms. The van der Waals surface area contributed by atoms with Crippen molar-refractivity contribution in [2.75, 3.05) is 33.5 Å². The van der Waals surface area contributed by atoms with Gasteiger partial charge in [-0.05, 0) is 13.5 Å². The zero-order valence-electron chi connectivity index (χ0n) is 18.0. The molecule has 7 nitrogen and oxygen atoms in total. The Morgan fingerprint density at radius 3 is 1.79 bits per heavy atom. The van der Waals surface area contributed by atoms with E-state index in [4.69, 9.17) is 14.4 Å². The maximum absolute atomic E-state index is 12.0. The summed E-state index contributed by atoms with van der Waals surface area (Å²) in [7, 11) is -2.60. The van der Waals surface area contributed by atoms with Gasteiger partial charge in [0.05, 0.1) is 19.8 Å². The van der Waals surface area contributed by atoms with E-state index >= 15 is 0 Å². The van der Waals surface area contributed by atoms with Gasteiger partial charge in [0.15, 0.2) is 0 Å². The Kier molecular flexibility index (Phi) is 19.0. The van der Waals surface area contributed by atoms with Crippen molar-refractivity contribution in [3.8, 4) is 0 Å². The summed E-state index contributed by atoms with van der Waals surface area (Å²) in [5.41, 5.74) is 0. The van der Waals surface area contributed by atoms with Crippen LogP contribution in [0.25, 0.3) is 0 Å². The summed E-state index contributed by atoms with van der Waals surface area (Å²) in [6.45, 7) is 1.91. The van der Waals surface area contributed by atoms with Crippen LogP contribution in [-0.4, -0.2) is 60.5 Å². The number of rotatable bonds is 21. The first-order valence-corrected chi connectivity index (χ1v) is 12.6. The summed E-state index contributed by atoms with van der Waals surface area (Å²) in [6.07, 6.45) is 14.4. The predicted molar refractivity (Wildman–Crippen MR) is 114 cm³/mol. The van der Waals surface area contributed by atoms with Crippen LogP contribution in [0, 0.1) is 0 Å². The van der Waals surface area contributed by atoms with Crippen molar-refractivity contribution in [2.24, 2.45) is 0 Å². The van der Waals surface area contributed by atoms with Crippen LogP contribution in [0.1, 0.15) is 84.0 Å². The molecule has 4 N–H and O–H groups in total. The number of nitrogens with one attached hydrogen (secondary N) is 1. The molecule has 2 unspecified atom stereocenters. The number of likely N-dealkylation sites (N-methyl/N-ethyl adjacent to an activating group) is 1. The van der Waals surface area contributed by atoms with Crippen LogP contribution in [0.3, 0.4) is 0 Å². The number of unbranched alkanes of at least 4 members (excludes halogenated alkanes) is 11. The average Bonchev–Trinajstić information content (AvgIpc) is 2.67. The topological polar surface area (TPSA) is 108 Å². The number of hydrogen-bond donors (Lipinski definition) is 4. The fraction of sp³-hybridized carbons (Fsp3) is 1.00. The van der Waals surface area contributed by atoms with Crippen LogP contribution in [0.5, 0.6) is 0 Å². The molecule has 0 aliphatic heterocycles. The standard InChI is InChI=1S/C20H44NO6P/c1-3-4-5-6-7-8-9-10-11-12-13-14-15-26-18-19(16-22)27-28(24,25)20(17-23)21-2/h19-23H,3-18H2,1-2H3,(H,24,25)/t19-,20?/m0/s1. The summed E-state index contributed by atoms with van der Waals surface area (Å²) < 4.78 is 22.6. The number of aliphatic hydroxyl groups excluding tert-OH is 2. The molecule has 170 valence electrons. The molecule has 0 saturated heterocycles. The molecule has 0 aromatic rings. The highest BCUT2D eigenvalue weighted by Crippen LogP contribution is 2.47. The van der Waals surface area contributed by atoms with E-state index in [0.717, 1.165) is 12.8 Å². The fourth-order valence-electron chi connectivity index (χ4n) is 3.02. The molecule has 0 fully saturated rings.